The van der Waals surface area contributed by atoms with Gasteiger partial charge in [0.2, 0.25) is 0 Å². The number of benzene rings is 2. The monoisotopic (exact) mass is 231 g/mol. The van der Waals surface area contributed by atoms with Gasteiger partial charge in [-0.15, -0.1) is 0 Å². The highest BCUT2D eigenvalue weighted by atomic mass is 16.4. The molecule has 0 bridgehead atoms. The maximum atomic E-state index is 11.0. The highest BCUT2D eigenvalue weighted by molar-refractivity contribution is 6.11. The van der Waals surface area contributed by atoms with Crippen molar-refractivity contribution in [2.24, 2.45) is 0 Å². The zero-order valence-electron chi connectivity index (χ0n) is 8.68. The second kappa shape index (κ2) is 3.79. The van der Waals surface area contributed by atoms with E-state index in [1.807, 2.05) is 0 Å². The molecular weight excluding hydrogens is 222 g/mol. The molecule has 0 heterocycles. The van der Waals surface area contributed by atoms with Gasteiger partial charge in [0.05, 0.1) is 11.1 Å². The number of aromatic carboxylic acids is 2. The largest absolute Gasteiger partial charge is 0.478 e. The van der Waals surface area contributed by atoms with E-state index in [0.29, 0.717) is 10.8 Å². The first-order chi connectivity index (χ1) is 8.00. The average molecular weight is 231 g/mol. The van der Waals surface area contributed by atoms with Gasteiger partial charge in [0, 0.05) is 5.69 Å². The molecule has 0 saturated carbocycles. The average Bonchev–Trinajstić information content (AvgIpc) is 2.26. The first kappa shape index (κ1) is 10.9. The van der Waals surface area contributed by atoms with Crippen LogP contribution in [0.4, 0.5) is 5.69 Å². The SMILES string of the molecule is Nc1cc(C(=O)O)c2cccc(C(=O)O)c2c1. The topological polar surface area (TPSA) is 101 Å². The van der Waals surface area contributed by atoms with Crippen molar-refractivity contribution in [2.75, 3.05) is 5.73 Å². The zero-order chi connectivity index (χ0) is 12.6. The Morgan fingerprint density at radius 2 is 1.59 bits per heavy atom. The van der Waals surface area contributed by atoms with Crippen molar-refractivity contribution in [3.63, 3.8) is 0 Å². The van der Waals surface area contributed by atoms with Crippen molar-refractivity contribution in [1.82, 2.24) is 0 Å². The van der Waals surface area contributed by atoms with Gasteiger partial charge in [-0.3, -0.25) is 0 Å². The molecule has 0 aliphatic heterocycles. The summed E-state index contributed by atoms with van der Waals surface area (Å²) in [5, 5.41) is 18.7. The maximum Gasteiger partial charge on any atom is 0.336 e. The predicted molar refractivity (Wildman–Crippen MR) is 62.3 cm³/mol. The Morgan fingerprint density at radius 3 is 2.18 bits per heavy atom. The first-order valence-corrected chi connectivity index (χ1v) is 4.79. The van der Waals surface area contributed by atoms with E-state index in [1.165, 1.54) is 24.3 Å². The molecule has 0 unspecified atom stereocenters. The van der Waals surface area contributed by atoms with Crippen LogP contribution in [0.2, 0.25) is 0 Å². The lowest BCUT2D eigenvalue weighted by Gasteiger charge is -2.07. The number of nitrogen functional groups attached to an aromatic ring is 1. The van der Waals surface area contributed by atoms with Gasteiger partial charge in [-0.2, -0.15) is 0 Å². The number of anilines is 1. The Hall–Kier alpha value is -2.56. The minimum Gasteiger partial charge on any atom is -0.478 e. The molecule has 2 aromatic rings. The van der Waals surface area contributed by atoms with Gasteiger partial charge in [0.15, 0.2) is 0 Å². The number of fused-ring (bicyclic) bond motifs is 1. The van der Waals surface area contributed by atoms with E-state index in [4.69, 9.17) is 15.9 Å². The second-order valence-electron chi connectivity index (χ2n) is 3.58. The summed E-state index contributed by atoms with van der Waals surface area (Å²) in [6.45, 7) is 0. The molecule has 0 aliphatic rings. The standard InChI is InChI=1S/C12H9NO4/c13-6-4-9-7(10(5-6)12(16)17)2-1-3-8(9)11(14)15/h1-5H,13H2,(H,14,15)(H,16,17). The van der Waals surface area contributed by atoms with Crippen molar-refractivity contribution in [2.45, 2.75) is 0 Å². The fourth-order valence-electron chi connectivity index (χ4n) is 1.77. The van der Waals surface area contributed by atoms with Crippen molar-refractivity contribution < 1.29 is 19.8 Å². The minimum atomic E-state index is -1.13. The Bertz CT molecular complexity index is 634. The highest BCUT2D eigenvalue weighted by Crippen LogP contribution is 2.25. The van der Waals surface area contributed by atoms with Gasteiger partial charge in [0.1, 0.15) is 0 Å². The summed E-state index contributed by atoms with van der Waals surface area (Å²) in [7, 11) is 0. The van der Waals surface area contributed by atoms with Crippen LogP contribution >= 0.6 is 0 Å². The van der Waals surface area contributed by atoms with Gasteiger partial charge in [-0.25, -0.2) is 9.59 Å². The normalized spacial score (nSPS) is 10.4. The Balaban J connectivity index is 2.92. The van der Waals surface area contributed by atoms with E-state index in [9.17, 15) is 9.59 Å². The van der Waals surface area contributed by atoms with Crippen LogP contribution < -0.4 is 5.73 Å². The molecular formula is C12H9NO4. The van der Waals surface area contributed by atoms with Gasteiger partial charge >= 0.3 is 11.9 Å². The molecule has 0 spiro atoms. The quantitative estimate of drug-likeness (QED) is 0.684. The minimum absolute atomic E-state index is 0.00287. The van der Waals surface area contributed by atoms with Gasteiger partial charge in [-0.05, 0) is 29.0 Å². The number of hydrogen-bond acceptors (Lipinski definition) is 3. The van der Waals surface area contributed by atoms with Crippen LogP contribution in [0.25, 0.3) is 10.8 Å². The summed E-state index contributed by atoms with van der Waals surface area (Å²) in [4.78, 5) is 22.1. The molecule has 2 rings (SSSR count). The summed E-state index contributed by atoms with van der Waals surface area (Å²) in [6, 6.07) is 7.26. The summed E-state index contributed by atoms with van der Waals surface area (Å²) in [5.74, 6) is -2.25. The van der Waals surface area contributed by atoms with Crippen LogP contribution in [0.15, 0.2) is 30.3 Å². The predicted octanol–water partition coefficient (Wildman–Crippen LogP) is 1.82. The Kier molecular flexibility index (Phi) is 2.44. The number of carboxylic acid groups (broad SMARTS) is 2. The van der Waals surface area contributed by atoms with Crippen molar-refractivity contribution >= 4 is 28.4 Å². The maximum absolute atomic E-state index is 11.0. The summed E-state index contributed by atoms with van der Waals surface area (Å²) < 4.78 is 0. The van der Waals surface area contributed by atoms with E-state index >= 15 is 0 Å². The van der Waals surface area contributed by atoms with Crippen LogP contribution in [-0.4, -0.2) is 22.2 Å². The summed E-state index contributed by atoms with van der Waals surface area (Å²) in [5.41, 5.74) is 5.84. The fraction of sp³-hybridized carbons (Fsp3) is 0. The van der Waals surface area contributed by atoms with Gasteiger partial charge in [0.25, 0.3) is 0 Å². The van der Waals surface area contributed by atoms with E-state index in [2.05, 4.69) is 0 Å². The molecule has 17 heavy (non-hydrogen) atoms. The van der Waals surface area contributed by atoms with Gasteiger partial charge < -0.3 is 15.9 Å². The Morgan fingerprint density at radius 1 is 0.941 bits per heavy atom. The van der Waals surface area contributed by atoms with Crippen LogP contribution in [0.3, 0.4) is 0 Å². The molecule has 0 atom stereocenters. The number of nitrogens with two attached hydrogens (primary N) is 1. The first-order valence-electron chi connectivity index (χ1n) is 4.79. The lowest BCUT2D eigenvalue weighted by atomic mass is 9.99. The number of hydrogen-bond donors (Lipinski definition) is 3. The van der Waals surface area contributed by atoms with Crippen molar-refractivity contribution in [3.8, 4) is 0 Å². The molecule has 0 radical (unpaired) electrons. The molecule has 2 aromatic carbocycles. The Labute approximate surface area is 96.1 Å². The number of rotatable bonds is 2. The molecule has 0 fully saturated rings. The molecule has 5 heteroatoms. The van der Waals surface area contributed by atoms with E-state index in [-0.39, 0.29) is 16.8 Å². The third kappa shape index (κ3) is 1.78. The van der Waals surface area contributed by atoms with Crippen molar-refractivity contribution in [1.29, 1.82) is 0 Å². The van der Waals surface area contributed by atoms with E-state index in [1.54, 1.807) is 6.07 Å². The molecule has 0 aromatic heterocycles. The molecule has 0 amide bonds. The van der Waals surface area contributed by atoms with E-state index < -0.39 is 11.9 Å². The molecule has 5 nitrogen and oxygen atoms in total. The third-order valence-corrected chi connectivity index (χ3v) is 2.48. The number of carboxylic acids is 2. The lowest BCUT2D eigenvalue weighted by Crippen LogP contribution is -2.03. The fourth-order valence-corrected chi connectivity index (χ4v) is 1.77. The van der Waals surface area contributed by atoms with Gasteiger partial charge in [-0.1, -0.05) is 12.1 Å². The molecule has 4 N–H and O–H groups in total. The van der Waals surface area contributed by atoms with E-state index in [0.717, 1.165) is 0 Å². The van der Waals surface area contributed by atoms with Crippen LogP contribution in [-0.2, 0) is 0 Å². The van der Waals surface area contributed by atoms with Crippen molar-refractivity contribution in [3.05, 3.63) is 41.5 Å². The van der Waals surface area contributed by atoms with Crippen LogP contribution in [0.5, 0.6) is 0 Å². The number of carbonyl (C=O) groups is 2. The second-order valence-corrected chi connectivity index (χ2v) is 3.58. The summed E-state index contributed by atoms with van der Waals surface area (Å²) >= 11 is 0. The third-order valence-electron chi connectivity index (χ3n) is 2.48. The van der Waals surface area contributed by atoms with Crippen LogP contribution in [0, 0.1) is 0 Å². The molecule has 0 aliphatic carbocycles. The lowest BCUT2D eigenvalue weighted by molar-refractivity contribution is 0.0686. The molecule has 0 saturated heterocycles. The highest BCUT2D eigenvalue weighted by Gasteiger charge is 2.14. The van der Waals surface area contributed by atoms with Crippen LogP contribution in [0.1, 0.15) is 20.7 Å². The zero-order valence-corrected chi connectivity index (χ0v) is 8.68. The smallest absolute Gasteiger partial charge is 0.336 e. The molecule has 86 valence electrons. The summed E-state index contributed by atoms with van der Waals surface area (Å²) in [6.07, 6.45) is 0.